The largest absolute Gasteiger partial charge is 0.416 e. The van der Waals surface area contributed by atoms with E-state index in [-0.39, 0.29) is 0 Å². The van der Waals surface area contributed by atoms with Gasteiger partial charge in [0.1, 0.15) is 0 Å². The molecule has 0 radical (unpaired) electrons. The van der Waals surface area contributed by atoms with Crippen molar-refractivity contribution in [1.29, 1.82) is 0 Å². The van der Waals surface area contributed by atoms with Crippen molar-refractivity contribution in [1.82, 2.24) is 4.98 Å². The van der Waals surface area contributed by atoms with Crippen molar-refractivity contribution in [3.05, 3.63) is 64.1 Å². The molecule has 0 fully saturated rings. The highest BCUT2D eigenvalue weighted by Gasteiger charge is 2.30. The van der Waals surface area contributed by atoms with E-state index in [2.05, 4.69) is 40.8 Å². The predicted octanol–water partition coefficient (Wildman–Crippen LogP) is 6.81. The second-order valence-electron chi connectivity index (χ2n) is 6.00. The third-order valence-corrected chi connectivity index (χ3v) is 4.55. The van der Waals surface area contributed by atoms with Gasteiger partial charge in [0, 0.05) is 15.4 Å². The Kier molecular flexibility index (Phi) is 4.38. The Morgan fingerprint density at radius 3 is 2.21 bits per heavy atom. The minimum absolute atomic E-state index is 0.403. The van der Waals surface area contributed by atoms with Crippen LogP contribution in [0.5, 0.6) is 0 Å². The number of hydrogen-bond donors (Lipinski definition) is 0. The van der Waals surface area contributed by atoms with E-state index in [1.165, 1.54) is 17.7 Å². The Bertz CT molecular complexity index is 883. The number of benzene rings is 2. The SMILES string of the molecule is CC(C)c1cc(Br)c2nc(-c3ccc(C(F)(F)F)cc3)ccc2c1. The molecular formula is C19H15BrF3N. The highest BCUT2D eigenvalue weighted by atomic mass is 79.9. The van der Waals surface area contributed by atoms with Gasteiger partial charge >= 0.3 is 6.18 Å². The zero-order valence-electron chi connectivity index (χ0n) is 13.2. The van der Waals surface area contributed by atoms with Crippen LogP contribution in [0.1, 0.15) is 30.9 Å². The number of rotatable bonds is 2. The first-order valence-corrected chi connectivity index (χ1v) is 8.33. The zero-order valence-corrected chi connectivity index (χ0v) is 14.7. The summed E-state index contributed by atoms with van der Waals surface area (Å²) in [6.07, 6.45) is -4.33. The molecule has 0 aliphatic carbocycles. The maximum atomic E-state index is 12.7. The van der Waals surface area contributed by atoms with Crippen LogP contribution in [0.4, 0.5) is 13.2 Å². The number of aromatic nitrogens is 1. The molecular weight excluding hydrogens is 379 g/mol. The number of pyridine rings is 1. The standard InChI is InChI=1S/C19H15BrF3N/c1-11(2)14-9-13-5-8-17(24-18(13)16(20)10-14)12-3-6-15(7-4-12)19(21,22)23/h3-11H,1-2H3. The first-order chi connectivity index (χ1) is 11.3. The number of halogens is 4. The van der Waals surface area contributed by atoms with Crippen molar-refractivity contribution in [2.45, 2.75) is 25.9 Å². The molecule has 0 N–H and O–H groups in total. The summed E-state index contributed by atoms with van der Waals surface area (Å²) in [4.78, 5) is 4.61. The van der Waals surface area contributed by atoms with Crippen molar-refractivity contribution in [2.24, 2.45) is 0 Å². The van der Waals surface area contributed by atoms with E-state index in [4.69, 9.17) is 0 Å². The molecule has 0 spiro atoms. The van der Waals surface area contributed by atoms with Crippen molar-refractivity contribution >= 4 is 26.8 Å². The fraction of sp³-hybridized carbons (Fsp3) is 0.211. The van der Waals surface area contributed by atoms with Crippen LogP contribution in [0.15, 0.2) is 53.0 Å². The van der Waals surface area contributed by atoms with Crippen molar-refractivity contribution in [2.75, 3.05) is 0 Å². The van der Waals surface area contributed by atoms with Gasteiger partial charge < -0.3 is 0 Å². The van der Waals surface area contributed by atoms with Gasteiger partial charge in [-0.05, 0) is 57.7 Å². The second-order valence-corrected chi connectivity index (χ2v) is 6.86. The van der Waals surface area contributed by atoms with Gasteiger partial charge in [-0.25, -0.2) is 4.98 Å². The van der Waals surface area contributed by atoms with Crippen LogP contribution in [-0.4, -0.2) is 4.98 Å². The summed E-state index contributed by atoms with van der Waals surface area (Å²) in [5.41, 5.74) is 2.66. The maximum Gasteiger partial charge on any atom is 0.416 e. The molecule has 0 saturated heterocycles. The summed E-state index contributed by atoms with van der Waals surface area (Å²) in [6, 6.07) is 13.0. The smallest absolute Gasteiger partial charge is 0.247 e. The van der Waals surface area contributed by atoms with Gasteiger partial charge in [-0.2, -0.15) is 13.2 Å². The van der Waals surface area contributed by atoms with E-state index in [1.807, 2.05) is 18.2 Å². The van der Waals surface area contributed by atoms with E-state index in [0.29, 0.717) is 17.2 Å². The lowest BCUT2D eigenvalue weighted by Crippen LogP contribution is -2.04. The van der Waals surface area contributed by atoms with Crippen LogP contribution >= 0.6 is 15.9 Å². The summed E-state index contributed by atoms with van der Waals surface area (Å²) in [5, 5.41) is 1.00. The molecule has 0 unspecified atom stereocenters. The van der Waals surface area contributed by atoms with Crippen LogP contribution in [0.25, 0.3) is 22.2 Å². The fourth-order valence-electron chi connectivity index (χ4n) is 2.54. The molecule has 0 atom stereocenters. The molecule has 3 rings (SSSR count). The van der Waals surface area contributed by atoms with E-state index in [0.717, 1.165) is 27.5 Å². The molecule has 0 aliphatic rings. The van der Waals surface area contributed by atoms with Gasteiger partial charge in [0.05, 0.1) is 16.8 Å². The molecule has 1 aromatic heterocycles. The molecule has 0 amide bonds. The molecule has 124 valence electrons. The third kappa shape index (κ3) is 3.31. The van der Waals surface area contributed by atoms with Crippen LogP contribution in [0, 0.1) is 0 Å². The summed E-state index contributed by atoms with van der Waals surface area (Å²) in [6.45, 7) is 4.25. The molecule has 24 heavy (non-hydrogen) atoms. The highest BCUT2D eigenvalue weighted by molar-refractivity contribution is 9.10. The van der Waals surface area contributed by atoms with E-state index in [1.54, 1.807) is 0 Å². The minimum Gasteiger partial charge on any atom is -0.247 e. The number of fused-ring (bicyclic) bond motifs is 1. The monoisotopic (exact) mass is 393 g/mol. The van der Waals surface area contributed by atoms with Crippen molar-refractivity contribution in [3.63, 3.8) is 0 Å². The molecule has 0 aliphatic heterocycles. The molecule has 1 heterocycles. The first-order valence-electron chi connectivity index (χ1n) is 7.53. The molecule has 3 aromatic rings. The Labute approximate surface area is 146 Å². The number of nitrogens with zero attached hydrogens (tertiary/aromatic N) is 1. The third-order valence-electron chi connectivity index (χ3n) is 3.94. The minimum atomic E-state index is -4.33. The number of hydrogen-bond acceptors (Lipinski definition) is 1. The molecule has 2 aromatic carbocycles. The first kappa shape index (κ1) is 17.0. The van der Waals surface area contributed by atoms with Crippen molar-refractivity contribution in [3.8, 4) is 11.3 Å². The quantitative estimate of drug-likeness (QED) is 0.466. The van der Waals surface area contributed by atoms with Crippen LogP contribution < -0.4 is 0 Å². The van der Waals surface area contributed by atoms with Crippen LogP contribution in [0.2, 0.25) is 0 Å². The average Bonchev–Trinajstić information content (AvgIpc) is 2.53. The van der Waals surface area contributed by atoms with E-state index in [9.17, 15) is 13.2 Å². The summed E-state index contributed by atoms with van der Waals surface area (Å²) >= 11 is 3.55. The van der Waals surface area contributed by atoms with E-state index >= 15 is 0 Å². The van der Waals surface area contributed by atoms with Crippen LogP contribution in [0.3, 0.4) is 0 Å². The van der Waals surface area contributed by atoms with E-state index < -0.39 is 11.7 Å². The maximum absolute atomic E-state index is 12.7. The van der Waals surface area contributed by atoms with Crippen LogP contribution in [-0.2, 0) is 6.18 Å². The molecule has 0 bridgehead atoms. The second kappa shape index (κ2) is 6.20. The average molecular weight is 394 g/mol. The topological polar surface area (TPSA) is 12.9 Å². The molecule has 5 heteroatoms. The lowest BCUT2D eigenvalue weighted by Gasteiger charge is -2.11. The van der Waals surface area contributed by atoms with Gasteiger partial charge in [0.15, 0.2) is 0 Å². The Morgan fingerprint density at radius 2 is 1.62 bits per heavy atom. The van der Waals surface area contributed by atoms with Crippen molar-refractivity contribution < 1.29 is 13.2 Å². The fourth-order valence-corrected chi connectivity index (χ4v) is 3.12. The molecule has 1 nitrogen and oxygen atoms in total. The Hall–Kier alpha value is -1.88. The number of alkyl halides is 3. The zero-order chi connectivity index (χ0) is 17.5. The Morgan fingerprint density at radius 1 is 0.958 bits per heavy atom. The lowest BCUT2D eigenvalue weighted by molar-refractivity contribution is -0.137. The summed E-state index contributed by atoms with van der Waals surface area (Å²) in [7, 11) is 0. The van der Waals surface area contributed by atoms with Gasteiger partial charge in [-0.1, -0.05) is 32.0 Å². The summed E-state index contributed by atoms with van der Waals surface area (Å²) < 4.78 is 38.9. The van der Waals surface area contributed by atoms with Gasteiger partial charge in [-0.3, -0.25) is 0 Å². The molecule has 0 saturated carbocycles. The highest BCUT2D eigenvalue weighted by Crippen LogP contribution is 2.32. The lowest BCUT2D eigenvalue weighted by atomic mass is 10.0. The van der Waals surface area contributed by atoms with Gasteiger partial charge in [0.25, 0.3) is 0 Å². The normalized spacial score (nSPS) is 12.1. The van der Waals surface area contributed by atoms with Gasteiger partial charge in [-0.15, -0.1) is 0 Å². The summed E-state index contributed by atoms with van der Waals surface area (Å²) in [5.74, 6) is 0.403. The Balaban J connectivity index is 2.05. The predicted molar refractivity (Wildman–Crippen MR) is 94.0 cm³/mol. The van der Waals surface area contributed by atoms with Gasteiger partial charge in [0.2, 0.25) is 0 Å².